The number of halogens is 4. The van der Waals surface area contributed by atoms with Gasteiger partial charge in [0.1, 0.15) is 10.8 Å². The molecule has 0 aliphatic heterocycles. The maximum atomic E-state index is 12.5. The molecule has 2 rings (SSSR count). The zero-order valence-corrected chi connectivity index (χ0v) is 12.0. The summed E-state index contributed by atoms with van der Waals surface area (Å²) in [5, 5.41) is 2.76. The van der Waals surface area contributed by atoms with Gasteiger partial charge in [0.15, 0.2) is 0 Å². The standard InChI is InChI=1S/C13H9ClF3N3S/c14-9-6-8(13(15,16)17)1-2-10(9)20-11-5-7(12(18)21)3-4-19-11/h1-6H,(H2,18,21)(H,19,20). The first kappa shape index (κ1) is 15.5. The SMILES string of the molecule is NC(=S)c1ccnc(Nc2ccc(C(F)(F)F)cc2Cl)c1. The highest BCUT2D eigenvalue weighted by Gasteiger charge is 2.30. The minimum absolute atomic E-state index is 0.0626. The van der Waals surface area contributed by atoms with Gasteiger partial charge in [0.05, 0.1) is 16.3 Å². The Kier molecular flexibility index (Phi) is 4.34. The van der Waals surface area contributed by atoms with Crippen LogP contribution in [0.4, 0.5) is 24.7 Å². The lowest BCUT2D eigenvalue weighted by molar-refractivity contribution is -0.137. The molecule has 0 bridgehead atoms. The zero-order chi connectivity index (χ0) is 15.6. The molecule has 0 spiro atoms. The second-order valence-electron chi connectivity index (χ2n) is 4.11. The predicted octanol–water partition coefficient (Wildman–Crippen LogP) is 4.13. The van der Waals surface area contributed by atoms with E-state index in [4.69, 9.17) is 29.6 Å². The average Bonchev–Trinajstić information content (AvgIpc) is 2.40. The van der Waals surface area contributed by atoms with Crippen molar-refractivity contribution in [1.82, 2.24) is 4.98 Å². The predicted molar refractivity (Wildman–Crippen MR) is 79.9 cm³/mol. The summed E-state index contributed by atoms with van der Waals surface area (Å²) >= 11 is 10.7. The van der Waals surface area contributed by atoms with Crippen molar-refractivity contribution < 1.29 is 13.2 Å². The summed E-state index contributed by atoms with van der Waals surface area (Å²) in [5.41, 5.74) is 5.57. The topological polar surface area (TPSA) is 50.9 Å². The van der Waals surface area contributed by atoms with Crippen molar-refractivity contribution in [3.63, 3.8) is 0 Å². The number of alkyl halides is 3. The third-order valence-electron chi connectivity index (χ3n) is 2.60. The molecule has 1 aromatic carbocycles. The second-order valence-corrected chi connectivity index (χ2v) is 4.96. The molecule has 1 aromatic heterocycles. The minimum Gasteiger partial charge on any atom is -0.389 e. The van der Waals surface area contributed by atoms with Crippen molar-refractivity contribution in [3.8, 4) is 0 Å². The molecule has 0 fully saturated rings. The lowest BCUT2D eigenvalue weighted by Crippen LogP contribution is -2.10. The molecule has 0 amide bonds. The molecule has 0 atom stereocenters. The molecule has 21 heavy (non-hydrogen) atoms. The highest BCUT2D eigenvalue weighted by Crippen LogP contribution is 2.34. The van der Waals surface area contributed by atoms with Crippen LogP contribution in [-0.2, 0) is 6.18 Å². The van der Waals surface area contributed by atoms with Crippen LogP contribution >= 0.6 is 23.8 Å². The molecule has 0 saturated carbocycles. The molecule has 0 saturated heterocycles. The van der Waals surface area contributed by atoms with Crippen molar-refractivity contribution in [2.24, 2.45) is 5.73 Å². The Labute approximate surface area is 128 Å². The van der Waals surface area contributed by atoms with Crippen molar-refractivity contribution in [2.75, 3.05) is 5.32 Å². The van der Waals surface area contributed by atoms with Crippen molar-refractivity contribution in [3.05, 3.63) is 52.7 Å². The Bertz CT molecular complexity index is 689. The van der Waals surface area contributed by atoms with Gasteiger partial charge < -0.3 is 11.1 Å². The normalized spacial score (nSPS) is 11.2. The van der Waals surface area contributed by atoms with Crippen LogP contribution in [0.3, 0.4) is 0 Å². The smallest absolute Gasteiger partial charge is 0.389 e. The summed E-state index contributed by atoms with van der Waals surface area (Å²) in [6.45, 7) is 0. The van der Waals surface area contributed by atoms with Crippen LogP contribution < -0.4 is 11.1 Å². The molecular weight excluding hydrogens is 323 g/mol. The van der Waals surface area contributed by atoms with Crippen LogP contribution in [0.15, 0.2) is 36.5 Å². The highest BCUT2D eigenvalue weighted by atomic mass is 35.5. The number of pyridine rings is 1. The molecule has 3 nitrogen and oxygen atoms in total. The molecule has 0 aliphatic carbocycles. The number of hydrogen-bond acceptors (Lipinski definition) is 3. The van der Waals surface area contributed by atoms with Gasteiger partial charge in [-0.1, -0.05) is 23.8 Å². The van der Waals surface area contributed by atoms with E-state index in [2.05, 4.69) is 10.3 Å². The van der Waals surface area contributed by atoms with E-state index in [0.29, 0.717) is 17.1 Å². The average molecular weight is 332 g/mol. The van der Waals surface area contributed by atoms with Gasteiger partial charge >= 0.3 is 6.18 Å². The van der Waals surface area contributed by atoms with Crippen LogP contribution in [0, 0.1) is 0 Å². The summed E-state index contributed by atoms with van der Waals surface area (Å²) in [4.78, 5) is 4.22. The molecule has 0 aliphatic rings. The van der Waals surface area contributed by atoms with Crippen LogP contribution in [-0.4, -0.2) is 9.97 Å². The molecule has 110 valence electrons. The Morgan fingerprint density at radius 1 is 1.24 bits per heavy atom. The summed E-state index contributed by atoms with van der Waals surface area (Å²) < 4.78 is 37.6. The second kappa shape index (κ2) is 5.87. The van der Waals surface area contributed by atoms with Crippen LogP contribution in [0.2, 0.25) is 5.02 Å². The third-order valence-corrected chi connectivity index (χ3v) is 3.15. The fourth-order valence-electron chi connectivity index (χ4n) is 1.58. The van der Waals surface area contributed by atoms with Crippen molar-refractivity contribution in [1.29, 1.82) is 0 Å². The van der Waals surface area contributed by atoms with E-state index in [1.54, 1.807) is 12.1 Å². The molecular formula is C13H9ClF3N3S. The van der Waals surface area contributed by atoms with E-state index in [1.165, 1.54) is 12.3 Å². The van der Waals surface area contributed by atoms with E-state index in [9.17, 15) is 13.2 Å². The largest absolute Gasteiger partial charge is 0.416 e. The maximum absolute atomic E-state index is 12.5. The van der Waals surface area contributed by atoms with Gasteiger partial charge in [-0.25, -0.2) is 4.98 Å². The van der Waals surface area contributed by atoms with Crippen LogP contribution in [0.25, 0.3) is 0 Å². The van der Waals surface area contributed by atoms with Gasteiger partial charge in [0.25, 0.3) is 0 Å². The van der Waals surface area contributed by atoms with Gasteiger partial charge in [0, 0.05) is 11.8 Å². The Morgan fingerprint density at radius 2 is 1.95 bits per heavy atom. The monoisotopic (exact) mass is 331 g/mol. The number of nitrogens with one attached hydrogen (secondary N) is 1. The summed E-state index contributed by atoms with van der Waals surface area (Å²) in [6, 6.07) is 6.23. The summed E-state index contributed by atoms with van der Waals surface area (Å²) in [6.07, 6.45) is -2.96. The van der Waals surface area contributed by atoms with E-state index in [1.807, 2.05) is 0 Å². The molecule has 3 N–H and O–H groups in total. The number of benzene rings is 1. The minimum atomic E-state index is -4.44. The van der Waals surface area contributed by atoms with E-state index in [-0.39, 0.29) is 10.0 Å². The lowest BCUT2D eigenvalue weighted by atomic mass is 10.2. The summed E-state index contributed by atoms with van der Waals surface area (Å²) in [7, 11) is 0. The van der Waals surface area contributed by atoms with Gasteiger partial charge in [-0.2, -0.15) is 13.2 Å². The first-order valence-electron chi connectivity index (χ1n) is 5.67. The van der Waals surface area contributed by atoms with E-state index < -0.39 is 11.7 Å². The highest BCUT2D eigenvalue weighted by molar-refractivity contribution is 7.80. The number of nitrogens with zero attached hydrogens (tertiary/aromatic N) is 1. The van der Waals surface area contributed by atoms with Gasteiger partial charge in [0.2, 0.25) is 0 Å². The van der Waals surface area contributed by atoms with Gasteiger partial charge in [-0.05, 0) is 30.3 Å². The first-order chi connectivity index (χ1) is 9.77. The molecule has 0 radical (unpaired) electrons. The van der Waals surface area contributed by atoms with E-state index >= 15 is 0 Å². The summed E-state index contributed by atoms with van der Waals surface area (Å²) in [5.74, 6) is 0.377. The zero-order valence-electron chi connectivity index (χ0n) is 10.4. The fourth-order valence-corrected chi connectivity index (χ4v) is 1.94. The fraction of sp³-hybridized carbons (Fsp3) is 0.0769. The van der Waals surface area contributed by atoms with Crippen LogP contribution in [0.5, 0.6) is 0 Å². The lowest BCUT2D eigenvalue weighted by Gasteiger charge is -2.11. The Hall–Kier alpha value is -1.86. The first-order valence-corrected chi connectivity index (χ1v) is 6.45. The number of nitrogens with two attached hydrogens (primary N) is 1. The van der Waals surface area contributed by atoms with Crippen molar-refractivity contribution >= 4 is 40.3 Å². The molecule has 1 heterocycles. The quantitative estimate of drug-likeness (QED) is 0.830. The Balaban J connectivity index is 2.28. The number of aromatic nitrogens is 1. The number of thiocarbonyl (C=S) groups is 1. The van der Waals surface area contributed by atoms with Crippen molar-refractivity contribution in [2.45, 2.75) is 6.18 Å². The number of hydrogen-bond donors (Lipinski definition) is 2. The third kappa shape index (κ3) is 3.83. The number of anilines is 2. The molecule has 0 unspecified atom stereocenters. The van der Waals surface area contributed by atoms with Crippen LogP contribution in [0.1, 0.15) is 11.1 Å². The molecule has 2 aromatic rings. The van der Waals surface area contributed by atoms with E-state index in [0.717, 1.165) is 12.1 Å². The van der Waals surface area contributed by atoms with Gasteiger partial charge in [-0.15, -0.1) is 0 Å². The Morgan fingerprint density at radius 3 is 2.52 bits per heavy atom. The van der Waals surface area contributed by atoms with Gasteiger partial charge in [-0.3, -0.25) is 0 Å². The molecule has 8 heteroatoms. The maximum Gasteiger partial charge on any atom is 0.416 e. The number of rotatable bonds is 3.